The molecular weight excluding hydrogens is 383 g/mol. The Labute approximate surface area is 169 Å². The molecule has 0 radical (unpaired) electrons. The fourth-order valence-electron chi connectivity index (χ4n) is 2.13. The average Bonchev–Trinajstić information content (AvgIpc) is 2.61. The van der Waals surface area contributed by atoms with Crippen LogP contribution >= 0.6 is 23.2 Å². The fourth-order valence-corrected chi connectivity index (χ4v) is 2.64. The minimum absolute atomic E-state index is 0.0841. The van der Waals surface area contributed by atoms with Crippen molar-refractivity contribution in [1.29, 1.82) is 0 Å². The van der Waals surface area contributed by atoms with Gasteiger partial charge in [0.1, 0.15) is 5.70 Å². The highest BCUT2D eigenvalue weighted by Crippen LogP contribution is 2.26. The van der Waals surface area contributed by atoms with Gasteiger partial charge in [-0.05, 0) is 23.8 Å². The van der Waals surface area contributed by atoms with Crippen LogP contribution in [0.1, 0.15) is 31.9 Å². The summed E-state index contributed by atoms with van der Waals surface area (Å²) in [5.74, 6) is -0.709. The summed E-state index contributed by atoms with van der Waals surface area (Å²) in [4.78, 5) is 25.1. The van der Waals surface area contributed by atoms with E-state index in [1.165, 1.54) is 6.08 Å². The van der Waals surface area contributed by atoms with E-state index in [2.05, 4.69) is 10.6 Å². The fraction of sp³-hybridized carbons (Fsp3) is 0.238. The zero-order chi connectivity index (χ0) is 20.0. The zero-order valence-electron chi connectivity index (χ0n) is 15.5. The monoisotopic (exact) mass is 404 g/mol. The van der Waals surface area contributed by atoms with E-state index in [1.54, 1.807) is 39.0 Å². The topological polar surface area (TPSA) is 58.2 Å². The first-order chi connectivity index (χ1) is 12.7. The molecule has 0 unspecified atom stereocenters. The van der Waals surface area contributed by atoms with E-state index >= 15 is 0 Å². The van der Waals surface area contributed by atoms with Crippen LogP contribution in [0.5, 0.6) is 0 Å². The largest absolute Gasteiger partial charge is 0.347 e. The molecule has 2 rings (SSSR count). The molecule has 0 aliphatic heterocycles. The Morgan fingerprint density at radius 3 is 2.11 bits per heavy atom. The van der Waals surface area contributed by atoms with E-state index in [0.29, 0.717) is 22.2 Å². The summed E-state index contributed by atoms with van der Waals surface area (Å²) < 4.78 is 0. The molecule has 0 spiro atoms. The lowest BCUT2D eigenvalue weighted by Crippen LogP contribution is -2.39. The van der Waals surface area contributed by atoms with E-state index < -0.39 is 11.3 Å². The molecule has 0 saturated carbocycles. The van der Waals surface area contributed by atoms with Gasteiger partial charge in [0.05, 0.1) is 0 Å². The van der Waals surface area contributed by atoms with Gasteiger partial charge in [0.25, 0.3) is 5.91 Å². The van der Waals surface area contributed by atoms with Gasteiger partial charge in [0.2, 0.25) is 5.91 Å². The summed E-state index contributed by atoms with van der Waals surface area (Å²) >= 11 is 12.4. The Bertz CT molecular complexity index is 836. The Kier molecular flexibility index (Phi) is 7.05. The van der Waals surface area contributed by atoms with Crippen LogP contribution in [-0.4, -0.2) is 11.8 Å². The minimum Gasteiger partial charge on any atom is -0.347 e. The molecule has 0 heterocycles. The zero-order valence-corrected chi connectivity index (χ0v) is 17.0. The number of carbonyl (C=O) groups is 2. The smallest absolute Gasteiger partial charge is 0.268 e. The van der Waals surface area contributed by atoms with Crippen molar-refractivity contribution in [3.8, 4) is 0 Å². The van der Waals surface area contributed by atoms with Crippen molar-refractivity contribution < 1.29 is 9.59 Å². The summed E-state index contributed by atoms with van der Waals surface area (Å²) in [6.07, 6.45) is 1.49. The molecule has 0 aliphatic rings. The molecule has 2 amide bonds. The second-order valence-corrected chi connectivity index (χ2v) is 7.88. The number of halogens is 2. The van der Waals surface area contributed by atoms with E-state index in [1.807, 2.05) is 30.3 Å². The summed E-state index contributed by atoms with van der Waals surface area (Å²) in [7, 11) is 0. The Hall–Kier alpha value is -2.30. The highest BCUT2D eigenvalue weighted by Gasteiger charge is 2.24. The van der Waals surface area contributed by atoms with Gasteiger partial charge in [-0.3, -0.25) is 9.59 Å². The van der Waals surface area contributed by atoms with E-state index in [9.17, 15) is 9.59 Å². The van der Waals surface area contributed by atoms with Gasteiger partial charge in [-0.1, -0.05) is 80.4 Å². The lowest BCUT2D eigenvalue weighted by Gasteiger charge is -2.19. The van der Waals surface area contributed by atoms with Crippen LogP contribution in [0.3, 0.4) is 0 Å². The van der Waals surface area contributed by atoms with Crippen LogP contribution < -0.4 is 10.6 Å². The molecule has 2 aromatic carbocycles. The van der Waals surface area contributed by atoms with Crippen molar-refractivity contribution in [2.75, 3.05) is 0 Å². The van der Waals surface area contributed by atoms with Crippen LogP contribution in [0.2, 0.25) is 10.0 Å². The predicted molar refractivity (Wildman–Crippen MR) is 110 cm³/mol. The van der Waals surface area contributed by atoms with E-state index in [0.717, 1.165) is 5.56 Å². The maximum atomic E-state index is 12.7. The van der Waals surface area contributed by atoms with Crippen molar-refractivity contribution in [2.24, 2.45) is 5.41 Å². The predicted octanol–water partition coefficient (Wildman–Crippen LogP) is 4.81. The molecule has 2 N–H and O–H groups in total. The SMILES string of the molecule is CC(C)(C)C(=O)N/C(=C\c1c(Cl)cccc1Cl)C(=O)NCc1ccccc1. The number of rotatable bonds is 5. The van der Waals surface area contributed by atoms with Crippen molar-refractivity contribution in [2.45, 2.75) is 27.3 Å². The summed E-state index contributed by atoms with van der Waals surface area (Å²) in [6, 6.07) is 14.6. The van der Waals surface area contributed by atoms with Crippen LogP contribution in [-0.2, 0) is 16.1 Å². The van der Waals surface area contributed by atoms with Crippen LogP contribution in [0.25, 0.3) is 6.08 Å². The van der Waals surface area contributed by atoms with Crippen LogP contribution in [0, 0.1) is 5.41 Å². The second kappa shape index (κ2) is 9.07. The van der Waals surface area contributed by atoms with Gasteiger partial charge in [-0.2, -0.15) is 0 Å². The molecule has 0 atom stereocenters. The molecule has 2 aromatic rings. The van der Waals surface area contributed by atoms with Gasteiger partial charge < -0.3 is 10.6 Å². The number of hydrogen-bond donors (Lipinski definition) is 2. The highest BCUT2D eigenvalue weighted by molar-refractivity contribution is 6.37. The highest BCUT2D eigenvalue weighted by atomic mass is 35.5. The van der Waals surface area contributed by atoms with Gasteiger partial charge in [-0.25, -0.2) is 0 Å². The maximum Gasteiger partial charge on any atom is 0.268 e. The summed E-state index contributed by atoms with van der Waals surface area (Å²) in [5.41, 5.74) is 0.840. The summed E-state index contributed by atoms with van der Waals surface area (Å²) in [5, 5.41) is 6.28. The first-order valence-electron chi connectivity index (χ1n) is 8.48. The van der Waals surface area contributed by atoms with Crippen LogP contribution in [0.4, 0.5) is 0 Å². The molecule has 0 bridgehead atoms. The molecule has 27 heavy (non-hydrogen) atoms. The van der Waals surface area contributed by atoms with Gasteiger partial charge in [0, 0.05) is 27.6 Å². The molecular formula is C21H22Cl2N2O2. The molecule has 4 nitrogen and oxygen atoms in total. The third kappa shape index (κ3) is 6.12. The third-order valence-electron chi connectivity index (χ3n) is 3.76. The molecule has 0 saturated heterocycles. The Morgan fingerprint density at radius 2 is 1.56 bits per heavy atom. The van der Waals surface area contributed by atoms with Gasteiger partial charge >= 0.3 is 0 Å². The standard InChI is InChI=1S/C21H22Cl2N2O2/c1-21(2,3)20(27)25-18(12-15-16(22)10-7-11-17(15)23)19(26)24-13-14-8-5-4-6-9-14/h4-12H,13H2,1-3H3,(H,24,26)(H,25,27)/b18-12-. The van der Waals surface area contributed by atoms with Gasteiger partial charge in [0.15, 0.2) is 0 Å². The second-order valence-electron chi connectivity index (χ2n) is 7.07. The number of benzene rings is 2. The number of nitrogens with one attached hydrogen (secondary N) is 2. The lowest BCUT2D eigenvalue weighted by atomic mass is 9.95. The first-order valence-corrected chi connectivity index (χ1v) is 9.23. The Balaban J connectivity index is 2.30. The van der Waals surface area contributed by atoms with Crippen molar-refractivity contribution in [1.82, 2.24) is 10.6 Å². The van der Waals surface area contributed by atoms with E-state index in [-0.39, 0.29) is 11.6 Å². The molecule has 0 fully saturated rings. The maximum absolute atomic E-state index is 12.7. The molecule has 0 aromatic heterocycles. The lowest BCUT2D eigenvalue weighted by molar-refractivity contribution is -0.129. The molecule has 6 heteroatoms. The summed E-state index contributed by atoms with van der Waals surface area (Å²) in [6.45, 7) is 5.64. The number of amides is 2. The normalized spacial score (nSPS) is 11.8. The molecule has 142 valence electrons. The van der Waals surface area contributed by atoms with Crippen molar-refractivity contribution >= 4 is 41.1 Å². The van der Waals surface area contributed by atoms with E-state index in [4.69, 9.17) is 23.2 Å². The van der Waals surface area contributed by atoms with Crippen molar-refractivity contribution in [3.63, 3.8) is 0 Å². The minimum atomic E-state index is -0.664. The van der Waals surface area contributed by atoms with Gasteiger partial charge in [-0.15, -0.1) is 0 Å². The van der Waals surface area contributed by atoms with Crippen LogP contribution in [0.15, 0.2) is 54.2 Å². The molecule has 0 aliphatic carbocycles. The number of hydrogen-bond acceptors (Lipinski definition) is 2. The van der Waals surface area contributed by atoms with Crippen molar-refractivity contribution in [3.05, 3.63) is 75.4 Å². The third-order valence-corrected chi connectivity index (χ3v) is 4.42. The quantitative estimate of drug-likeness (QED) is 0.702. The average molecular weight is 405 g/mol. The first kappa shape index (κ1) is 21.0. The number of carbonyl (C=O) groups excluding carboxylic acids is 2. The Morgan fingerprint density at radius 1 is 0.963 bits per heavy atom.